The van der Waals surface area contributed by atoms with Gasteiger partial charge in [0.05, 0.1) is 6.10 Å². The number of nitrogens with two attached hydrogens (primary N) is 1. The van der Waals surface area contributed by atoms with Gasteiger partial charge in [0.2, 0.25) is 11.8 Å². The fourth-order valence-electron chi connectivity index (χ4n) is 2.76. The molecular formula is C18H25N2O3. The molecular weight excluding hydrogens is 292 g/mol. The molecule has 0 unspecified atom stereocenters. The highest BCUT2D eigenvalue weighted by atomic mass is 16.3. The van der Waals surface area contributed by atoms with E-state index in [-0.39, 0.29) is 18.4 Å². The Kier molecular flexibility index (Phi) is 6.16. The molecule has 1 radical (unpaired) electrons. The van der Waals surface area contributed by atoms with Crippen LogP contribution in [0.4, 0.5) is 0 Å². The van der Waals surface area contributed by atoms with Gasteiger partial charge in [0, 0.05) is 13.1 Å². The second-order valence-corrected chi connectivity index (χ2v) is 6.22. The Labute approximate surface area is 137 Å². The van der Waals surface area contributed by atoms with E-state index in [9.17, 15) is 14.7 Å². The van der Waals surface area contributed by atoms with E-state index >= 15 is 0 Å². The van der Waals surface area contributed by atoms with Crippen molar-refractivity contribution in [2.45, 2.75) is 44.2 Å². The van der Waals surface area contributed by atoms with E-state index in [2.05, 4.69) is 0 Å². The quantitative estimate of drug-likeness (QED) is 0.709. The smallest absolute Gasteiger partial charge is 0.235 e. The van der Waals surface area contributed by atoms with Gasteiger partial charge in [0.15, 0.2) is 0 Å². The number of rotatable bonds is 8. The lowest BCUT2D eigenvalue weighted by atomic mass is 9.89. The lowest BCUT2D eigenvalue weighted by Gasteiger charge is -2.36. The third-order valence-electron chi connectivity index (χ3n) is 4.56. The SMILES string of the molecule is CN(C(=O)[C@H](C[C@@H](O)[CH]Cc1ccccc1)C(N)=O)C1CCC1. The Morgan fingerprint density at radius 2 is 2.00 bits per heavy atom. The Balaban J connectivity index is 1.87. The minimum Gasteiger partial charge on any atom is -0.393 e. The summed E-state index contributed by atoms with van der Waals surface area (Å²) in [5.41, 5.74) is 6.45. The molecule has 23 heavy (non-hydrogen) atoms. The van der Waals surface area contributed by atoms with E-state index in [1.165, 1.54) is 0 Å². The van der Waals surface area contributed by atoms with Crippen LogP contribution in [0, 0.1) is 12.3 Å². The summed E-state index contributed by atoms with van der Waals surface area (Å²) in [6.45, 7) is 0. The first-order valence-corrected chi connectivity index (χ1v) is 8.10. The van der Waals surface area contributed by atoms with Crippen LogP contribution in [0.1, 0.15) is 31.2 Å². The van der Waals surface area contributed by atoms with Crippen LogP contribution in [-0.2, 0) is 16.0 Å². The molecule has 1 aromatic carbocycles. The Morgan fingerprint density at radius 1 is 1.35 bits per heavy atom. The van der Waals surface area contributed by atoms with Crippen molar-refractivity contribution < 1.29 is 14.7 Å². The van der Waals surface area contributed by atoms with E-state index in [0.717, 1.165) is 24.8 Å². The number of nitrogens with zero attached hydrogens (tertiary/aromatic N) is 1. The van der Waals surface area contributed by atoms with Crippen LogP contribution in [0.25, 0.3) is 0 Å². The molecule has 125 valence electrons. The van der Waals surface area contributed by atoms with E-state index in [0.29, 0.717) is 6.42 Å². The van der Waals surface area contributed by atoms with E-state index < -0.39 is 17.9 Å². The lowest BCUT2D eigenvalue weighted by molar-refractivity contribution is -0.144. The van der Waals surface area contributed by atoms with Crippen LogP contribution < -0.4 is 5.73 Å². The second kappa shape index (κ2) is 8.11. The van der Waals surface area contributed by atoms with Crippen LogP contribution in [0.3, 0.4) is 0 Å². The summed E-state index contributed by atoms with van der Waals surface area (Å²) < 4.78 is 0. The van der Waals surface area contributed by atoms with Crippen molar-refractivity contribution in [3.05, 3.63) is 42.3 Å². The molecule has 0 heterocycles. The number of hydrogen-bond donors (Lipinski definition) is 2. The molecule has 3 N–H and O–H groups in total. The van der Waals surface area contributed by atoms with Crippen LogP contribution in [0.2, 0.25) is 0 Å². The van der Waals surface area contributed by atoms with Gasteiger partial charge >= 0.3 is 0 Å². The molecule has 1 aromatic rings. The average Bonchev–Trinajstić information content (AvgIpc) is 2.49. The summed E-state index contributed by atoms with van der Waals surface area (Å²) in [7, 11) is 1.71. The largest absolute Gasteiger partial charge is 0.393 e. The summed E-state index contributed by atoms with van der Waals surface area (Å²) in [4.78, 5) is 25.7. The van der Waals surface area contributed by atoms with Crippen LogP contribution in [0.5, 0.6) is 0 Å². The van der Waals surface area contributed by atoms with Gasteiger partial charge in [-0.1, -0.05) is 30.3 Å². The highest BCUT2D eigenvalue weighted by molar-refractivity contribution is 5.99. The molecule has 0 saturated heterocycles. The first-order chi connectivity index (χ1) is 11.0. The van der Waals surface area contributed by atoms with Crippen molar-refractivity contribution in [3.8, 4) is 0 Å². The minimum atomic E-state index is -0.970. The number of hydrogen-bond acceptors (Lipinski definition) is 3. The van der Waals surface area contributed by atoms with Crippen molar-refractivity contribution in [3.63, 3.8) is 0 Å². The number of aliphatic hydroxyl groups excluding tert-OH is 1. The Morgan fingerprint density at radius 3 is 2.52 bits per heavy atom. The molecule has 0 aliphatic heterocycles. The predicted octanol–water partition coefficient (Wildman–Crippen LogP) is 1.30. The number of carbonyl (C=O) groups excluding carboxylic acids is 2. The first-order valence-electron chi connectivity index (χ1n) is 8.10. The maximum Gasteiger partial charge on any atom is 0.235 e. The summed E-state index contributed by atoms with van der Waals surface area (Å²) >= 11 is 0. The van der Waals surface area contributed by atoms with Gasteiger partial charge in [-0.05, 0) is 44.1 Å². The maximum atomic E-state index is 12.4. The number of amides is 2. The molecule has 2 atom stereocenters. The molecule has 5 nitrogen and oxygen atoms in total. The van der Waals surface area contributed by atoms with Gasteiger partial charge in [-0.2, -0.15) is 0 Å². The molecule has 1 aliphatic carbocycles. The molecule has 2 amide bonds. The molecule has 5 heteroatoms. The first kappa shape index (κ1) is 17.5. The number of aliphatic hydroxyl groups is 1. The van der Waals surface area contributed by atoms with Crippen molar-refractivity contribution in [2.75, 3.05) is 7.05 Å². The third kappa shape index (κ3) is 4.79. The Bertz CT molecular complexity index is 528. The molecule has 1 fully saturated rings. The topological polar surface area (TPSA) is 83.6 Å². The fraction of sp³-hybridized carbons (Fsp3) is 0.500. The van der Waals surface area contributed by atoms with Crippen LogP contribution >= 0.6 is 0 Å². The van der Waals surface area contributed by atoms with E-state index in [4.69, 9.17) is 5.73 Å². The standard InChI is InChI=1S/C18H25N2O3/c1-20(14-8-5-9-14)18(23)16(17(19)22)12-15(21)11-10-13-6-3-2-4-7-13/h2-4,6-7,11,14-16,21H,5,8-10,12H2,1H3,(H2,19,22)/t15-,16+/m0/s1. The van der Waals surface area contributed by atoms with Crippen molar-refractivity contribution in [1.29, 1.82) is 0 Å². The summed E-state index contributed by atoms with van der Waals surface area (Å²) in [5.74, 6) is -1.93. The molecule has 2 rings (SSSR count). The van der Waals surface area contributed by atoms with Crippen LogP contribution in [-0.4, -0.2) is 41.0 Å². The average molecular weight is 317 g/mol. The highest BCUT2D eigenvalue weighted by Gasteiger charge is 2.34. The second-order valence-electron chi connectivity index (χ2n) is 6.22. The maximum absolute atomic E-state index is 12.4. The van der Waals surface area contributed by atoms with Gasteiger partial charge < -0.3 is 15.7 Å². The predicted molar refractivity (Wildman–Crippen MR) is 88.2 cm³/mol. The zero-order valence-electron chi connectivity index (χ0n) is 13.5. The fourth-order valence-corrected chi connectivity index (χ4v) is 2.76. The summed E-state index contributed by atoms with van der Waals surface area (Å²) in [5, 5.41) is 10.1. The molecule has 0 bridgehead atoms. The van der Waals surface area contributed by atoms with Gasteiger partial charge in [0.25, 0.3) is 0 Å². The van der Waals surface area contributed by atoms with Gasteiger partial charge in [-0.25, -0.2) is 0 Å². The summed E-state index contributed by atoms with van der Waals surface area (Å²) in [6.07, 6.45) is 4.54. The summed E-state index contributed by atoms with van der Waals surface area (Å²) in [6, 6.07) is 9.92. The van der Waals surface area contributed by atoms with E-state index in [1.807, 2.05) is 30.3 Å². The van der Waals surface area contributed by atoms with E-state index in [1.54, 1.807) is 18.4 Å². The van der Waals surface area contributed by atoms with Crippen LogP contribution in [0.15, 0.2) is 30.3 Å². The molecule has 0 aromatic heterocycles. The normalized spacial score (nSPS) is 17.1. The van der Waals surface area contributed by atoms with Crippen molar-refractivity contribution >= 4 is 11.8 Å². The number of carbonyl (C=O) groups is 2. The Hall–Kier alpha value is -1.88. The van der Waals surface area contributed by atoms with Gasteiger partial charge in [0.1, 0.15) is 5.92 Å². The van der Waals surface area contributed by atoms with Crippen molar-refractivity contribution in [2.24, 2.45) is 11.7 Å². The molecule has 0 spiro atoms. The monoisotopic (exact) mass is 317 g/mol. The zero-order chi connectivity index (χ0) is 16.8. The lowest BCUT2D eigenvalue weighted by Crippen LogP contribution is -2.48. The zero-order valence-corrected chi connectivity index (χ0v) is 13.5. The number of primary amides is 1. The minimum absolute atomic E-state index is 0.0397. The number of benzene rings is 1. The molecule has 1 aliphatic rings. The highest BCUT2D eigenvalue weighted by Crippen LogP contribution is 2.25. The van der Waals surface area contributed by atoms with Gasteiger partial charge in [-0.3, -0.25) is 9.59 Å². The molecule has 1 saturated carbocycles. The van der Waals surface area contributed by atoms with Gasteiger partial charge in [-0.15, -0.1) is 0 Å². The third-order valence-corrected chi connectivity index (χ3v) is 4.56. The van der Waals surface area contributed by atoms with Crippen molar-refractivity contribution in [1.82, 2.24) is 4.90 Å².